The highest BCUT2D eigenvalue weighted by Gasteiger charge is 2.48. The largest absolute Gasteiger partial charge is 0.456 e. The molecule has 0 saturated carbocycles. The van der Waals surface area contributed by atoms with Gasteiger partial charge in [-0.05, 0) is 123 Å². The van der Waals surface area contributed by atoms with Crippen molar-refractivity contribution in [2.45, 2.75) is 15.2 Å². The Bertz CT molecular complexity index is 3810. The van der Waals surface area contributed by atoms with E-state index in [1.165, 1.54) is 75.7 Å². The van der Waals surface area contributed by atoms with Crippen molar-refractivity contribution in [2.75, 3.05) is 4.90 Å². The van der Waals surface area contributed by atoms with E-state index in [4.69, 9.17) is 4.42 Å². The van der Waals surface area contributed by atoms with E-state index in [1.54, 1.807) is 0 Å². The van der Waals surface area contributed by atoms with Crippen LogP contribution in [0.25, 0.3) is 71.3 Å². The van der Waals surface area contributed by atoms with Gasteiger partial charge in [0, 0.05) is 43.0 Å². The summed E-state index contributed by atoms with van der Waals surface area (Å²) >= 11 is 1.88. The Hall–Kier alpha value is -7.79. The van der Waals surface area contributed by atoms with Crippen molar-refractivity contribution in [2.24, 2.45) is 0 Å². The predicted molar refractivity (Wildman–Crippen MR) is 262 cm³/mol. The fraction of sp³-hybridized carbons (Fsp3) is 0.0169. The molecule has 0 bridgehead atoms. The van der Waals surface area contributed by atoms with Gasteiger partial charge in [-0.1, -0.05) is 151 Å². The second-order valence-corrected chi connectivity index (χ2v) is 17.8. The highest BCUT2D eigenvalue weighted by Crippen LogP contribution is 2.62. The lowest BCUT2D eigenvalue weighted by atomic mass is 9.59. The van der Waals surface area contributed by atoms with Crippen molar-refractivity contribution in [3.05, 3.63) is 241 Å². The minimum atomic E-state index is -0.579. The average molecular weight is 821 g/mol. The lowest BCUT2D eigenvalue weighted by Gasteiger charge is -2.46. The van der Waals surface area contributed by atoms with Crippen molar-refractivity contribution in [1.82, 2.24) is 4.57 Å². The number of anilines is 3. The van der Waals surface area contributed by atoms with Crippen LogP contribution in [0.5, 0.6) is 0 Å². The van der Waals surface area contributed by atoms with Crippen LogP contribution in [0.3, 0.4) is 0 Å². The molecule has 2 aromatic heterocycles. The summed E-state index contributed by atoms with van der Waals surface area (Å²) < 4.78 is 8.98. The summed E-state index contributed by atoms with van der Waals surface area (Å²) in [5.41, 5.74) is 15.6. The molecule has 63 heavy (non-hydrogen) atoms. The third-order valence-corrected chi connectivity index (χ3v) is 14.8. The molecule has 0 atom stereocenters. The maximum atomic E-state index is 6.59. The van der Waals surface area contributed by atoms with Gasteiger partial charge in [0.25, 0.3) is 0 Å². The molecule has 0 unspecified atom stereocenters. The second-order valence-electron chi connectivity index (χ2n) is 16.8. The van der Waals surface area contributed by atoms with Gasteiger partial charge in [-0.3, -0.25) is 0 Å². The van der Waals surface area contributed by atoms with Crippen LogP contribution in [0.4, 0.5) is 17.1 Å². The quantitative estimate of drug-likeness (QED) is 0.176. The van der Waals surface area contributed by atoms with Crippen LogP contribution in [-0.2, 0) is 5.41 Å². The Balaban J connectivity index is 1.11. The van der Waals surface area contributed by atoms with Gasteiger partial charge in [0.2, 0.25) is 0 Å². The molecule has 14 rings (SSSR count). The number of rotatable bonds is 4. The maximum Gasteiger partial charge on any atom is 0.137 e. The van der Waals surface area contributed by atoms with Crippen molar-refractivity contribution in [3.8, 4) is 16.8 Å². The van der Waals surface area contributed by atoms with E-state index >= 15 is 0 Å². The van der Waals surface area contributed by atoms with E-state index < -0.39 is 5.41 Å². The van der Waals surface area contributed by atoms with Crippen molar-refractivity contribution >= 4 is 83.3 Å². The smallest absolute Gasteiger partial charge is 0.137 e. The lowest BCUT2D eigenvalue weighted by Crippen LogP contribution is -2.36. The molecule has 0 radical (unpaired) electrons. The summed E-state index contributed by atoms with van der Waals surface area (Å²) in [4.78, 5) is 5.05. The van der Waals surface area contributed by atoms with Crippen LogP contribution >= 0.6 is 11.8 Å². The molecule has 0 N–H and O–H groups in total. The number of hydrogen-bond donors (Lipinski definition) is 0. The number of benzene rings is 10. The Labute approximate surface area is 368 Å². The number of nitrogens with zero attached hydrogens (tertiary/aromatic N) is 2. The summed E-state index contributed by atoms with van der Waals surface area (Å²) in [6.45, 7) is 0. The molecule has 0 amide bonds. The first-order valence-corrected chi connectivity index (χ1v) is 22.4. The predicted octanol–water partition coefficient (Wildman–Crippen LogP) is 16.1. The first-order chi connectivity index (χ1) is 31.3. The van der Waals surface area contributed by atoms with Gasteiger partial charge in [-0.25, -0.2) is 0 Å². The highest BCUT2D eigenvalue weighted by atomic mass is 32.2. The standard InChI is InChI=1S/C59H36N2OS/c1-2-17-38(18-3-1)61-50-25-8-4-19-42(50)45-35-39(32-34-51(45)61)60(52-26-14-28-54-58(52)44-20-5-9-27-53(44)62-54)40-31-33-41-43-21-12-15-37-16-13-24-48(57(37)43)59(49(41)36-40)46-22-6-10-29-55(46)63-56-30-11-7-23-47(56)59/h1-36H. The SMILES string of the molecule is c1ccc(-n2c3ccccc3c3cc(N(c4ccc5c(c4)C4(c6ccccc6Sc6ccccc64)c4cccc6cccc-5c46)c4cccc5oc6ccccc6c45)ccc32)cc1. The van der Waals surface area contributed by atoms with Crippen LogP contribution in [0.1, 0.15) is 22.3 Å². The van der Waals surface area contributed by atoms with E-state index in [0.717, 1.165) is 44.7 Å². The molecular weight excluding hydrogens is 785 g/mol. The topological polar surface area (TPSA) is 21.3 Å². The number of furan rings is 1. The average Bonchev–Trinajstić information content (AvgIpc) is 3.89. The van der Waals surface area contributed by atoms with Crippen molar-refractivity contribution in [1.29, 1.82) is 0 Å². The zero-order valence-electron chi connectivity index (χ0n) is 34.0. The summed E-state index contributed by atoms with van der Waals surface area (Å²) in [6, 6.07) is 80.5. The van der Waals surface area contributed by atoms with E-state index in [-0.39, 0.29) is 0 Å². The molecule has 1 aliphatic heterocycles. The van der Waals surface area contributed by atoms with Gasteiger partial charge >= 0.3 is 0 Å². The van der Waals surface area contributed by atoms with Gasteiger partial charge < -0.3 is 13.9 Å². The molecule has 3 heterocycles. The number of fused-ring (bicyclic) bond motifs is 14. The molecule has 0 fully saturated rings. The molecule has 1 spiro atoms. The minimum Gasteiger partial charge on any atom is -0.456 e. The number of hydrogen-bond acceptors (Lipinski definition) is 3. The van der Waals surface area contributed by atoms with Crippen LogP contribution < -0.4 is 4.90 Å². The van der Waals surface area contributed by atoms with E-state index in [2.05, 4.69) is 228 Å². The van der Waals surface area contributed by atoms with Gasteiger partial charge in [0.1, 0.15) is 11.2 Å². The molecule has 10 aromatic carbocycles. The summed E-state index contributed by atoms with van der Waals surface area (Å²) in [5.74, 6) is 0. The van der Waals surface area contributed by atoms with E-state index in [1.807, 2.05) is 11.8 Å². The van der Waals surface area contributed by atoms with Crippen LogP contribution in [0.15, 0.2) is 233 Å². The van der Waals surface area contributed by atoms with Crippen LogP contribution in [-0.4, -0.2) is 4.57 Å². The van der Waals surface area contributed by atoms with Crippen molar-refractivity contribution < 1.29 is 4.42 Å². The fourth-order valence-electron chi connectivity index (χ4n) is 11.1. The molecule has 4 heteroatoms. The number of aromatic nitrogens is 1. The van der Waals surface area contributed by atoms with Gasteiger partial charge in [0.15, 0.2) is 0 Å². The summed E-state index contributed by atoms with van der Waals surface area (Å²) in [5, 5.41) is 7.18. The Kier molecular flexibility index (Phi) is 7.26. The molecule has 2 aliphatic rings. The zero-order chi connectivity index (χ0) is 41.2. The zero-order valence-corrected chi connectivity index (χ0v) is 34.8. The Morgan fingerprint density at radius 3 is 1.89 bits per heavy atom. The highest BCUT2D eigenvalue weighted by molar-refractivity contribution is 7.99. The van der Waals surface area contributed by atoms with E-state index in [0.29, 0.717) is 0 Å². The summed E-state index contributed by atoms with van der Waals surface area (Å²) in [7, 11) is 0. The lowest BCUT2D eigenvalue weighted by molar-refractivity contribution is 0.669. The van der Waals surface area contributed by atoms with E-state index in [9.17, 15) is 0 Å². The number of para-hydroxylation sites is 3. The first-order valence-electron chi connectivity index (χ1n) is 21.6. The fourth-order valence-corrected chi connectivity index (χ4v) is 12.3. The molecule has 0 saturated heterocycles. The normalized spacial score (nSPS) is 13.5. The monoisotopic (exact) mass is 820 g/mol. The third-order valence-electron chi connectivity index (χ3n) is 13.6. The molecule has 294 valence electrons. The summed E-state index contributed by atoms with van der Waals surface area (Å²) in [6.07, 6.45) is 0. The second kappa shape index (κ2) is 13.1. The van der Waals surface area contributed by atoms with Gasteiger partial charge in [-0.15, -0.1) is 0 Å². The molecule has 12 aromatic rings. The maximum absolute atomic E-state index is 6.59. The Morgan fingerprint density at radius 2 is 1.05 bits per heavy atom. The molecular formula is C59H36N2OS. The third kappa shape index (κ3) is 4.76. The molecule has 1 aliphatic carbocycles. The Morgan fingerprint density at radius 1 is 0.413 bits per heavy atom. The van der Waals surface area contributed by atoms with Crippen molar-refractivity contribution in [3.63, 3.8) is 0 Å². The van der Waals surface area contributed by atoms with Crippen LogP contribution in [0.2, 0.25) is 0 Å². The van der Waals surface area contributed by atoms with Crippen LogP contribution in [0, 0.1) is 0 Å². The molecule has 3 nitrogen and oxygen atoms in total. The first kappa shape index (κ1) is 34.9. The van der Waals surface area contributed by atoms with Gasteiger partial charge in [-0.2, -0.15) is 0 Å². The van der Waals surface area contributed by atoms with Gasteiger partial charge in [0.05, 0.1) is 27.5 Å². The minimum absolute atomic E-state index is 0.579.